The molecule has 0 unspecified atom stereocenters. The van der Waals surface area contributed by atoms with Crippen LogP contribution in [0.2, 0.25) is 0 Å². The summed E-state index contributed by atoms with van der Waals surface area (Å²) in [5.74, 6) is 0.150. The van der Waals surface area contributed by atoms with Gasteiger partial charge in [-0.05, 0) is 49.9 Å². The second kappa shape index (κ2) is 8.47. The molecule has 0 aliphatic heterocycles. The van der Waals surface area contributed by atoms with E-state index in [0.717, 1.165) is 12.8 Å². The lowest BCUT2D eigenvalue weighted by Crippen LogP contribution is -2.37. The van der Waals surface area contributed by atoms with Crippen LogP contribution in [0.15, 0.2) is 24.3 Å². The van der Waals surface area contributed by atoms with Crippen LogP contribution in [0.25, 0.3) is 0 Å². The Labute approximate surface area is 141 Å². The lowest BCUT2D eigenvalue weighted by atomic mass is 10.1. The number of hydrogen-bond donors (Lipinski definition) is 1. The van der Waals surface area contributed by atoms with Gasteiger partial charge in [0.2, 0.25) is 0 Å². The number of esters is 1. The van der Waals surface area contributed by atoms with Gasteiger partial charge in [-0.25, -0.2) is 4.79 Å². The molecule has 0 aromatic heterocycles. The van der Waals surface area contributed by atoms with Crippen molar-refractivity contribution in [3.63, 3.8) is 0 Å². The zero-order valence-corrected chi connectivity index (χ0v) is 14.0. The lowest BCUT2D eigenvalue weighted by Gasteiger charge is -2.13. The molecule has 6 heteroatoms. The van der Waals surface area contributed by atoms with E-state index >= 15 is 0 Å². The van der Waals surface area contributed by atoms with Crippen LogP contribution in [0.1, 0.15) is 43.5 Å². The van der Waals surface area contributed by atoms with Crippen LogP contribution in [0.4, 0.5) is 0 Å². The Balaban J connectivity index is 1.67. The second-order valence-corrected chi connectivity index (χ2v) is 5.94. The monoisotopic (exact) mass is 333 g/mol. The quantitative estimate of drug-likeness (QED) is 0.553. The molecular formula is C18H23NO5. The largest absolute Gasteiger partial charge is 0.482 e. The standard InChI is InChI=1S/C18H23NO5/c1-3-16(20)14-6-8-15(9-7-14)23-11-18(22)24-10-17(21)19-12(2)13-4-5-13/h6-9,12-13H,3-5,10-11H2,1-2H3,(H,19,21)/t12-/m1/s1. The minimum absolute atomic E-state index is 0.0485. The van der Waals surface area contributed by atoms with Crippen molar-refractivity contribution < 1.29 is 23.9 Å². The Morgan fingerprint density at radius 3 is 2.42 bits per heavy atom. The van der Waals surface area contributed by atoms with E-state index in [4.69, 9.17) is 9.47 Å². The molecule has 1 aromatic rings. The molecule has 1 amide bonds. The van der Waals surface area contributed by atoms with Crippen molar-refractivity contribution in [3.8, 4) is 5.75 Å². The Morgan fingerprint density at radius 1 is 1.17 bits per heavy atom. The highest BCUT2D eigenvalue weighted by molar-refractivity contribution is 5.95. The summed E-state index contributed by atoms with van der Waals surface area (Å²) in [6, 6.07) is 6.68. The molecule has 1 saturated carbocycles. The number of carbonyl (C=O) groups excluding carboxylic acids is 3. The number of ether oxygens (including phenoxy) is 2. The summed E-state index contributed by atoms with van der Waals surface area (Å²) in [4.78, 5) is 34.7. The third kappa shape index (κ3) is 5.68. The molecule has 1 fully saturated rings. The summed E-state index contributed by atoms with van der Waals surface area (Å²) < 4.78 is 10.2. The third-order valence-electron chi connectivity index (χ3n) is 3.94. The van der Waals surface area contributed by atoms with Gasteiger partial charge in [-0.3, -0.25) is 9.59 Å². The van der Waals surface area contributed by atoms with Gasteiger partial charge in [0.15, 0.2) is 19.0 Å². The molecule has 1 aliphatic rings. The number of rotatable bonds is 9. The molecule has 0 saturated heterocycles. The van der Waals surface area contributed by atoms with E-state index in [1.807, 2.05) is 6.92 Å². The first-order chi connectivity index (χ1) is 11.5. The van der Waals surface area contributed by atoms with Crippen LogP contribution in [0, 0.1) is 5.92 Å². The lowest BCUT2D eigenvalue weighted by molar-refractivity contribution is -0.150. The summed E-state index contributed by atoms with van der Waals surface area (Å²) in [6.45, 7) is 3.16. The molecule has 1 aromatic carbocycles. The number of amides is 1. The van der Waals surface area contributed by atoms with Crippen molar-refractivity contribution >= 4 is 17.7 Å². The molecule has 1 atom stereocenters. The zero-order chi connectivity index (χ0) is 17.5. The Hall–Kier alpha value is -2.37. The maximum absolute atomic E-state index is 11.6. The highest BCUT2D eigenvalue weighted by Gasteiger charge is 2.28. The molecule has 2 rings (SSSR count). The van der Waals surface area contributed by atoms with Crippen molar-refractivity contribution in [2.75, 3.05) is 13.2 Å². The fourth-order valence-electron chi connectivity index (χ4n) is 2.28. The van der Waals surface area contributed by atoms with Crippen molar-refractivity contribution in [2.45, 2.75) is 39.2 Å². The summed E-state index contributed by atoms with van der Waals surface area (Å²) in [5.41, 5.74) is 0.605. The van der Waals surface area contributed by atoms with Crippen LogP contribution in [-0.2, 0) is 14.3 Å². The zero-order valence-electron chi connectivity index (χ0n) is 14.0. The number of carbonyl (C=O) groups is 3. The van der Waals surface area contributed by atoms with Gasteiger partial charge in [0.05, 0.1) is 0 Å². The Morgan fingerprint density at radius 2 is 1.83 bits per heavy atom. The molecule has 0 bridgehead atoms. The number of hydrogen-bond acceptors (Lipinski definition) is 5. The number of ketones is 1. The highest BCUT2D eigenvalue weighted by atomic mass is 16.6. The van der Waals surface area contributed by atoms with Crippen LogP contribution >= 0.6 is 0 Å². The third-order valence-corrected chi connectivity index (χ3v) is 3.94. The van der Waals surface area contributed by atoms with Gasteiger partial charge >= 0.3 is 5.97 Å². The Bertz CT molecular complexity index is 592. The summed E-state index contributed by atoms with van der Waals surface area (Å²) in [7, 11) is 0. The van der Waals surface area contributed by atoms with Gasteiger partial charge in [-0.2, -0.15) is 0 Å². The first kappa shape index (κ1) is 18.0. The van der Waals surface area contributed by atoms with Gasteiger partial charge in [0.1, 0.15) is 5.75 Å². The molecule has 0 heterocycles. The van der Waals surface area contributed by atoms with E-state index in [9.17, 15) is 14.4 Å². The highest BCUT2D eigenvalue weighted by Crippen LogP contribution is 2.32. The maximum atomic E-state index is 11.6. The van der Waals surface area contributed by atoms with Crippen molar-refractivity contribution in [3.05, 3.63) is 29.8 Å². The fraction of sp³-hybridized carbons (Fsp3) is 0.500. The normalized spacial score (nSPS) is 14.6. The van der Waals surface area contributed by atoms with E-state index in [1.54, 1.807) is 31.2 Å². The minimum Gasteiger partial charge on any atom is -0.482 e. The van der Waals surface area contributed by atoms with Crippen molar-refractivity contribution in [1.82, 2.24) is 5.32 Å². The molecule has 0 radical (unpaired) electrons. The molecule has 1 aliphatic carbocycles. The van der Waals surface area contributed by atoms with Crippen LogP contribution < -0.4 is 10.1 Å². The number of nitrogens with one attached hydrogen (secondary N) is 1. The number of Topliss-reactive ketones (excluding diaryl/α,β-unsaturated/α-hetero) is 1. The average Bonchev–Trinajstić information content (AvgIpc) is 3.43. The molecule has 24 heavy (non-hydrogen) atoms. The maximum Gasteiger partial charge on any atom is 0.344 e. The fourth-order valence-corrected chi connectivity index (χ4v) is 2.28. The van der Waals surface area contributed by atoms with E-state index in [1.165, 1.54) is 0 Å². The summed E-state index contributed by atoms with van der Waals surface area (Å²) in [6.07, 6.45) is 2.71. The predicted octanol–water partition coefficient (Wildman–Crippen LogP) is 2.12. The van der Waals surface area contributed by atoms with Crippen molar-refractivity contribution in [2.24, 2.45) is 5.92 Å². The molecule has 0 spiro atoms. The molecule has 130 valence electrons. The summed E-state index contributed by atoms with van der Waals surface area (Å²) in [5, 5.41) is 2.80. The Kier molecular flexibility index (Phi) is 6.35. The van der Waals surface area contributed by atoms with Crippen LogP contribution in [0.5, 0.6) is 5.75 Å². The number of benzene rings is 1. The first-order valence-electron chi connectivity index (χ1n) is 8.20. The van der Waals surface area contributed by atoms with Crippen LogP contribution in [0.3, 0.4) is 0 Å². The van der Waals surface area contributed by atoms with Gasteiger partial charge in [-0.15, -0.1) is 0 Å². The predicted molar refractivity (Wildman–Crippen MR) is 87.8 cm³/mol. The van der Waals surface area contributed by atoms with E-state index in [2.05, 4.69) is 5.32 Å². The average molecular weight is 333 g/mol. The second-order valence-electron chi connectivity index (χ2n) is 5.94. The van der Waals surface area contributed by atoms with Gasteiger partial charge in [-0.1, -0.05) is 6.92 Å². The van der Waals surface area contributed by atoms with E-state index in [-0.39, 0.29) is 30.9 Å². The van der Waals surface area contributed by atoms with Crippen LogP contribution in [-0.4, -0.2) is 36.9 Å². The molecule has 6 nitrogen and oxygen atoms in total. The van der Waals surface area contributed by atoms with E-state index < -0.39 is 5.97 Å². The topological polar surface area (TPSA) is 81.7 Å². The van der Waals surface area contributed by atoms with Gasteiger partial charge < -0.3 is 14.8 Å². The van der Waals surface area contributed by atoms with E-state index in [0.29, 0.717) is 23.7 Å². The van der Waals surface area contributed by atoms with Gasteiger partial charge in [0.25, 0.3) is 5.91 Å². The first-order valence-corrected chi connectivity index (χ1v) is 8.20. The van der Waals surface area contributed by atoms with Gasteiger partial charge in [0, 0.05) is 18.0 Å². The SMILES string of the molecule is CCC(=O)c1ccc(OCC(=O)OCC(=O)N[C@H](C)C2CC2)cc1. The summed E-state index contributed by atoms with van der Waals surface area (Å²) >= 11 is 0. The minimum atomic E-state index is -0.613. The molecular weight excluding hydrogens is 310 g/mol. The van der Waals surface area contributed by atoms with Crippen molar-refractivity contribution in [1.29, 1.82) is 0 Å². The molecule has 1 N–H and O–H groups in total. The smallest absolute Gasteiger partial charge is 0.344 e.